The van der Waals surface area contributed by atoms with Crippen LogP contribution >= 0.6 is 11.3 Å². The van der Waals surface area contributed by atoms with Gasteiger partial charge in [0.25, 0.3) is 5.91 Å². The maximum Gasteiger partial charge on any atom is 0.251 e. The van der Waals surface area contributed by atoms with Crippen molar-refractivity contribution in [2.24, 2.45) is 5.73 Å². The summed E-state index contributed by atoms with van der Waals surface area (Å²) in [5.41, 5.74) is 12.0. The van der Waals surface area contributed by atoms with E-state index in [1.54, 1.807) is 0 Å². The first-order valence-electron chi connectivity index (χ1n) is 14.7. The van der Waals surface area contributed by atoms with Crippen LogP contribution in [0, 0.1) is 11.6 Å². The van der Waals surface area contributed by atoms with Gasteiger partial charge in [-0.05, 0) is 71.6 Å². The molecule has 45 heavy (non-hydrogen) atoms. The molecule has 0 spiro atoms. The van der Waals surface area contributed by atoms with E-state index in [9.17, 15) is 18.4 Å². The largest absolute Gasteiger partial charge is 0.378 e. The van der Waals surface area contributed by atoms with Crippen LogP contribution in [0.4, 0.5) is 14.5 Å². The van der Waals surface area contributed by atoms with Gasteiger partial charge in [-0.2, -0.15) is 0 Å². The Morgan fingerprint density at radius 1 is 0.956 bits per heavy atom. The zero-order chi connectivity index (χ0) is 31.1. The number of thiazole rings is 1. The van der Waals surface area contributed by atoms with Crippen LogP contribution in [0.1, 0.15) is 39.5 Å². The van der Waals surface area contributed by atoms with Crippen molar-refractivity contribution in [3.8, 4) is 21.7 Å². The van der Waals surface area contributed by atoms with Crippen LogP contribution in [-0.4, -0.2) is 48.1 Å². The molecule has 1 fully saturated rings. The molecular formula is C34H29F2N5O3S. The van der Waals surface area contributed by atoms with Gasteiger partial charge >= 0.3 is 0 Å². The fourth-order valence-electron chi connectivity index (χ4n) is 6.08. The molecular weight excluding hydrogens is 596 g/mol. The van der Waals surface area contributed by atoms with Crippen LogP contribution in [0.2, 0.25) is 0 Å². The molecule has 7 rings (SSSR count). The molecule has 3 N–H and O–H groups in total. The number of halogens is 2. The second-order valence-corrected chi connectivity index (χ2v) is 12.3. The highest BCUT2D eigenvalue weighted by atomic mass is 32.1. The van der Waals surface area contributed by atoms with E-state index in [0.29, 0.717) is 47.8 Å². The Hall–Kier alpha value is -4.74. The fourth-order valence-corrected chi connectivity index (χ4v) is 7.04. The van der Waals surface area contributed by atoms with Gasteiger partial charge in [-0.1, -0.05) is 12.1 Å². The number of nitrogens with two attached hydrogens (primary N) is 1. The predicted octanol–water partition coefficient (Wildman–Crippen LogP) is 5.59. The van der Waals surface area contributed by atoms with Crippen LogP contribution < -0.4 is 16.0 Å². The van der Waals surface area contributed by atoms with E-state index in [1.807, 2.05) is 36.4 Å². The molecule has 0 radical (unpaired) electrons. The summed E-state index contributed by atoms with van der Waals surface area (Å²) < 4.78 is 34.6. The van der Waals surface area contributed by atoms with Crippen molar-refractivity contribution >= 4 is 39.2 Å². The summed E-state index contributed by atoms with van der Waals surface area (Å²) in [6, 6.07) is 19.1. The van der Waals surface area contributed by atoms with E-state index in [1.165, 1.54) is 23.5 Å². The quantitative estimate of drug-likeness (QED) is 0.233. The number of amides is 2. The topological polar surface area (TPSA) is 110 Å². The van der Waals surface area contributed by atoms with E-state index >= 15 is 0 Å². The van der Waals surface area contributed by atoms with Crippen molar-refractivity contribution < 1.29 is 23.1 Å². The molecule has 228 valence electrons. The van der Waals surface area contributed by atoms with Crippen molar-refractivity contribution in [1.29, 1.82) is 0 Å². The van der Waals surface area contributed by atoms with Crippen molar-refractivity contribution in [1.82, 2.24) is 15.3 Å². The Morgan fingerprint density at radius 2 is 1.69 bits per heavy atom. The number of pyridine rings is 1. The van der Waals surface area contributed by atoms with Gasteiger partial charge in [-0.3, -0.25) is 9.59 Å². The Kier molecular flexibility index (Phi) is 7.72. The van der Waals surface area contributed by atoms with Crippen LogP contribution in [0.25, 0.3) is 32.0 Å². The van der Waals surface area contributed by atoms with Gasteiger partial charge in [0.1, 0.15) is 16.6 Å². The molecule has 0 aliphatic carbocycles. The Morgan fingerprint density at radius 3 is 2.42 bits per heavy atom. The highest BCUT2D eigenvalue weighted by molar-refractivity contribution is 7.21. The number of benzene rings is 3. The molecule has 2 amide bonds. The van der Waals surface area contributed by atoms with Crippen LogP contribution in [0.5, 0.6) is 0 Å². The van der Waals surface area contributed by atoms with Crippen LogP contribution in [-0.2, 0) is 22.5 Å². The zero-order valence-corrected chi connectivity index (χ0v) is 25.0. The first kappa shape index (κ1) is 29.0. The third-order valence-corrected chi connectivity index (χ3v) is 9.29. The number of ether oxygens (including phenoxy) is 1. The van der Waals surface area contributed by atoms with Gasteiger partial charge < -0.3 is 20.7 Å². The number of nitrogens with one attached hydrogen (secondary N) is 1. The first-order chi connectivity index (χ1) is 21.8. The molecule has 2 aliphatic rings. The number of primary amides is 1. The number of hydrogen-bond donors (Lipinski definition) is 2. The average molecular weight is 626 g/mol. The van der Waals surface area contributed by atoms with E-state index in [4.69, 9.17) is 20.4 Å². The number of carbonyl (C=O) groups is 2. The first-order valence-corrected chi connectivity index (χ1v) is 15.5. The van der Waals surface area contributed by atoms with E-state index in [2.05, 4.69) is 22.3 Å². The summed E-state index contributed by atoms with van der Waals surface area (Å²) in [7, 11) is 0. The van der Waals surface area contributed by atoms with Gasteiger partial charge in [0.2, 0.25) is 5.91 Å². The van der Waals surface area contributed by atoms with Gasteiger partial charge in [0, 0.05) is 60.4 Å². The van der Waals surface area contributed by atoms with Gasteiger partial charge in [0.15, 0.2) is 5.65 Å². The number of anilines is 1. The Labute approximate surface area is 261 Å². The van der Waals surface area contributed by atoms with Gasteiger partial charge in [0.05, 0.1) is 23.6 Å². The molecule has 0 saturated carbocycles. The van der Waals surface area contributed by atoms with Crippen molar-refractivity contribution in [2.45, 2.75) is 25.3 Å². The summed E-state index contributed by atoms with van der Waals surface area (Å²) in [5.74, 6) is -2.76. The van der Waals surface area contributed by atoms with Gasteiger partial charge in [-0.25, -0.2) is 18.7 Å². The lowest BCUT2D eigenvalue weighted by Gasteiger charge is -2.28. The molecule has 8 nitrogen and oxygen atoms in total. The van der Waals surface area contributed by atoms with Crippen LogP contribution in [0.15, 0.2) is 66.7 Å². The molecule has 1 saturated heterocycles. The Balaban J connectivity index is 1.33. The summed E-state index contributed by atoms with van der Waals surface area (Å²) in [5, 5.41) is 3.62. The molecule has 2 aromatic heterocycles. The standard InChI is InChI=1S/C34H29F2N5O3S/c35-24-12-19(13-25(36)16-24)11-23(15-30(37)42)31-27(21-1-2-22-18-38-33(43)28(22)14-21)17-29-32(39-31)40-34(45-29)20-3-5-26(6-4-20)41-7-9-44-10-8-41/h1-6,12-14,16-17,23H,7-11,15,18H2,(H2,37,42)(H,38,43)/t23-/m0/s1. The van der Waals surface area contributed by atoms with E-state index in [-0.39, 0.29) is 18.7 Å². The highest BCUT2D eigenvalue weighted by Gasteiger charge is 2.26. The number of nitrogens with zero attached hydrogens (tertiary/aromatic N) is 3. The van der Waals surface area contributed by atoms with Crippen molar-refractivity contribution in [3.63, 3.8) is 0 Å². The second-order valence-electron chi connectivity index (χ2n) is 11.3. The predicted molar refractivity (Wildman–Crippen MR) is 169 cm³/mol. The summed E-state index contributed by atoms with van der Waals surface area (Å²) >= 11 is 1.49. The van der Waals surface area contributed by atoms with Crippen molar-refractivity contribution in [3.05, 3.63) is 101 Å². The molecule has 5 aromatic rings. The fraction of sp³-hybridized carbons (Fsp3) is 0.235. The second kappa shape index (κ2) is 12.0. The lowest BCUT2D eigenvalue weighted by atomic mass is 9.87. The smallest absolute Gasteiger partial charge is 0.251 e. The molecule has 3 aromatic carbocycles. The molecule has 2 aliphatic heterocycles. The molecule has 11 heteroatoms. The Bertz CT molecular complexity index is 1920. The number of morpholine rings is 1. The molecule has 1 atom stereocenters. The molecule has 4 heterocycles. The average Bonchev–Trinajstić information content (AvgIpc) is 3.62. The zero-order valence-electron chi connectivity index (χ0n) is 24.2. The summed E-state index contributed by atoms with van der Waals surface area (Å²) in [4.78, 5) is 37.0. The minimum atomic E-state index is -0.708. The number of hydrogen-bond acceptors (Lipinski definition) is 7. The highest BCUT2D eigenvalue weighted by Crippen LogP contribution is 2.39. The summed E-state index contributed by atoms with van der Waals surface area (Å²) in [6.45, 7) is 3.55. The number of rotatable bonds is 8. The molecule has 0 bridgehead atoms. The normalized spacial score (nSPS) is 15.2. The lowest BCUT2D eigenvalue weighted by molar-refractivity contribution is -0.118. The van der Waals surface area contributed by atoms with Gasteiger partial charge in [-0.15, -0.1) is 11.3 Å². The SMILES string of the molecule is NC(=O)C[C@H](Cc1cc(F)cc(F)c1)c1nc2nc(-c3ccc(N4CCOCC4)cc3)sc2cc1-c1ccc2c(c1)C(=O)NC2. The maximum atomic E-state index is 14.2. The third kappa shape index (κ3) is 6.01. The number of carbonyl (C=O) groups excluding carboxylic acids is 2. The minimum absolute atomic E-state index is 0.102. The lowest BCUT2D eigenvalue weighted by Crippen LogP contribution is -2.36. The summed E-state index contributed by atoms with van der Waals surface area (Å²) in [6.07, 6.45) is 0.0175. The van der Waals surface area contributed by atoms with Crippen LogP contribution in [0.3, 0.4) is 0 Å². The van der Waals surface area contributed by atoms with Crippen molar-refractivity contribution in [2.75, 3.05) is 31.2 Å². The number of fused-ring (bicyclic) bond motifs is 2. The molecule has 0 unspecified atom stereocenters. The maximum absolute atomic E-state index is 14.2. The third-order valence-electron chi connectivity index (χ3n) is 8.25. The van der Waals surface area contributed by atoms with E-state index in [0.717, 1.165) is 51.2 Å². The minimum Gasteiger partial charge on any atom is -0.378 e. The van der Waals surface area contributed by atoms with E-state index < -0.39 is 23.5 Å². The number of aromatic nitrogens is 2. The monoisotopic (exact) mass is 625 g/mol.